The summed E-state index contributed by atoms with van der Waals surface area (Å²) >= 11 is 1.83. The van der Waals surface area contributed by atoms with Gasteiger partial charge in [0, 0.05) is 0 Å². The first-order chi connectivity index (χ1) is 2.64. The van der Waals surface area contributed by atoms with Crippen LogP contribution < -0.4 is 0 Å². The van der Waals surface area contributed by atoms with E-state index in [0.29, 0.717) is 0 Å². The fourth-order valence-corrected chi connectivity index (χ4v) is 0. The third kappa shape index (κ3) is 7.20. The maximum absolute atomic E-state index is 9.69. The Kier molecular flexibility index (Phi) is 8.43. The zero-order chi connectivity index (χ0) is 5.15. The zero-order valence-corrected chi connectivity index (χ0v) is 5.47. The van der Waals surface area contributed by atoms with Crippen LogP contribution in [-0.2, 0) is 4.79 Å². The van der Waals surface area contributed by atoms with Crippen molar-refractivity contribution in [3.05, 3.63) is 0 Å². The van der Waals surface area contributed by atoms with Gasteiger partial charge in [0.1, 0.15) is 3.92 Å². The van der Waals surface area contributed by atoms with Gasteiger partial charge in [-0.05, 0) is 6.92 Å². The molecule has 0 aromatic heterocycles. The maximum atomic E-state index is 9.69. The molecule has 38 valence electrons. The average Bonchev–Trinajstić information content (AvgIpc) is 1.36. The van der Waals surface area contributed by atoms with Crippen LogP contribution in [0.3, 0.4) is 0 Å². The van der Waals surface area contributed by atoms with E-state index in [1.54, 1.807) is 6.92 Å². The van der Waals surface area contributed by atoms with Gasteiger partial charge in [-0.2, -0.15) is 0 Å². The van der Waals surface area contributed by atoms with E-state index in [2.05, 4.69) is 0 Å². The fourth-order valence-electron chi connectivity index (χ4n) is 0. The van der Waals surface area contributed by atoms with E-state index in [4.69, 9.17) is 5.11 Å². The van der Waals surface area contributed by atoms with Crippen LogP contribution in [0.2, 0.25) is 0 Å². The summed E-state index contributed by atoms with van der Waals surface area (Å²) in [5, 5.41) is 7.98. The van der Waals surface area contributed by atoms with Crippen LogP contribution in [0, 0.1) is 0 Å². The van der Waals surface area contributed by atoms with Gasteiger partial charge in [0.05, 0.1) is 0 Å². The normalized spacial score (nSPS) is 11.7. The molecule has 0 rings (SSSR count). The minimum absolute atomic E-state index is 0. The molecular weight excluding hydrogens is 218 g/mol. The second-order valence-electron chi connectivity index (χ2n) is 0.954. The molecule has 1 unspecified atom stereocenters. The van der Waals surface area contributed by atoms with Crippen molar-refractivity contribution in [1.29, 1.82) is 0 Å². The Bertz CT molecular complexity index is 64.0. The van der Waals surface area contributed by atoms with E-state index in [1.165, 1.54) is 0 Å². The molecule has 0 bridgehead atoms. The van der Waals surface area contributed by atoms with Crippen LogP contribution in [-0.4, -0.2) is 44.6 Å². The van der Waals surface area contributed by atoms with Gasteiger partial charge < -0.3 is 5.11 Å². The first-order valence-electron chi connectivity index (χ1n) is 1.51. The Morgan fingerprint density at radius 2 is 2.00 bits per heavy atom. The molecule has 0 aromatic rings. The Balaban J connectivity index is 0. The monoisotopic (exact) mass is 224 g/mol. The van der Waals surface area contributed by atoms with Crippen LogP contribution in [0.1, 0.15) is 6.92 Å². The van der Waals surface area contributed by atoms with E-state index < -0.39 is 5.97 Å². The summed E-state index contributed by atoms with van der Waals surface area (Å²) in [6.07, 6.45) is 0. The first kappa shape index (κ1) is 11.1. The Morgan fingerprint density at radius 1 is 1.86 bits per heavy atom. The van der Waals surface area contributed by atoms with Gasteiger partial charge in [-0.15, -0.1) is 0 Å². The second-order valence-corrected chi connectivity index (χ2v) is 2.82. The molecule has 0 saturated carbocycles. The molecule has 0 aromatic carbocycles. The summed E-state index contributed by atoms with van der Waals surface area (Å²) < 4.78 is -0.261. The molecule has 7 heavy (non-hydrogen) atoms. The van der Waals surface area contributed by atoms with E-state index in [9.17, 15) is 4.79 Å². The molecule has 0 spiro atoms. The van der Waals surface area contributed by atoms with Gasteiger partial charge in [0.2, 0.25) is 0 Å². The average molecular weight is 224 g/mol. The third-order valence-corrected chi connectivity index (χ3v) is 0.873. The van der Waals surface area contributed by atoms with Gasteiger partial charge in [0.15, 0.2) is 0 Å². The number of carbonyl (C=O) groups is 1. The van der Waals surface area contributed by atoms with Gasteiger partial charge in [0.25, 0.3) is 0 Å². The minimum atomic E-state index is -0.754. The number of carboxylic acids is 1. The molecule has 0 radical (unpaired) electrons. The quantitative estimate of drug-likeness (QED) is 0.393. The molecule has 0 amide bonds. The molecule has 1 N–H and O–H groups in total. The number of carboxylic acid groups (broad SMARTS) is 1. The van der Waals surface area contributed by atoms with E-state index in [1.807, 2.05) is 22.6 Å². The third-order valence-electron chi connectivity index (χ3n) is 0.340. The van der Waals surface area contributed by atoms with Crippen LogP contribution in [0.5, 0.6) is 0 Å². The Labute approximate surface area is 78.1 Å². The summed E-state index contributed by atoms with van der Waals surface area (Å²) in [7, 11) is 0. The molecular formula is C3H6INaO2. The summed E-state index contributed by atoms with van der Waals surface area (Å²) in [6.45, 7) is 1.63. The van der Waals surface area contributed by atoms with Crippen molar-refractivity contribution < 1.29 is 9.90 Å². The topological polar surface area (TPSA) is 37.3 Å². The van der Waals surface area contributed by atoms with Crippen molar-refractivity contribution in [1.82, 2.24) is 0 Å². The molecule has 0 aliphatic rings. The number of halogens is 1. The van der Waals surface area contributed by atoms with Gasteiger partial charge >= 0.3 is 35.5 Å². The van der Waals surface area contributed by atoms with E-state index in [-0.39, 0.29) is 33.5 Å². The first-order valence-corrected chi connectivity index (χ1v) is 2.76. The molecule has 0 fully saturated rings. The van der Waals surface area contributed by atoms with Crippen molar-refractivity contribution in [2.45, 2.75) is 10.8 Å². The van der Waals surface area contributed by atoms with Gasteiger partial charge in [-0.25, -0.2) is 0 Å². The van der Waals surface area contributed by atoms with Crippen molar-refractivity contribution >= 4 is 58.1 Å². The van der Waals surface area contributed by atoms with Crippen LogP contribution in [0.15, 0.2) is 0 Å². The van der Waals surface area contributed by atoms with Crippen LogP contribution >= 0.6 is 22.6 Å². The summed E-state index contributed by atoms with van der Waals surface area (Å²) in [6, 6.07) is 0. The van der Waals surface area contributed by atoms with Crippen molar-refractivity contribution in [3.8, 4) is 0 Å². The second kappa shape index (κ2) is 5.34. The molecule has 0 saturated heterocycles. The van der Waals surface area contributed by atoms with Crippen LogP contribution in [0.25, 0.3) is 0 Å². The fraction of sp³-hybridized carbons (Fsp3) is 0.667. The van der Waals surface area contributed by atoms with Gasteiger partial charge in [-0.3, -0.25) is 4.79 Å². The van der Waals surface area contributed by atoms with Crippen molar-refractivity contribution in [2.24, 2.45) is 0 Å². The standard InChI is InChI=1S/C3H5IO2.Na.H/c1-2(4)3(5)6;;/h2H,1H3,(H,5,6);;. The van der Waals surface area contributed by atoms with E-state index >= 15 is 0 Å². The Morgan fingerprint density at radius 3 is 2.00 bits per heavy atom. The van der Waals surface area contributed by atoms with Crippen LogP contribution in [0.4, 0.5) is 0 Å². The SMILES string of the molecule is CC(I)C(=O)O.[NaH]. The van der Waals surface area contributed by atoms with E-state index in [0.717, 1.165) is 0 Å². The number of aliphatic carboxylic acids is 1. The molecule has 2 nitrogen and oxygen atoms in total. The summed E-state index contributed by atoms with van der Waals surface area (Å²) in [4.78, 5) is 9.69. The van der Waals surface area contributed by atoms with Gasteiger partial charge in [-0.1, -0.05) is 22.6 Å². The summed E-state index contributed by atoms with van der Waals surface area (Å²) in [5.74, 6) is -0.754. The predicted molar refractivity (Wildman–Crippen MR) is 38.3 cm³/mol. The molecule has 4 heteroatoms. The number of hydrogen-bond acceptors (Lipinski definition) is 1. The number of hydrogen-bond donors (Lipinski definition) is 1. The Hall–Kier alpha value is 1.20. The molecule has 0 heterocycles. The number of rotatable bonds is 1. The van der Waals surface area contributed by atoms with Crippen molar-refractivity contribution in [2.75, 3.05) is 0 Å². The summed E-state index contributed by atoms with van der Waals surface area (Å²) in [5.41, 5.74) is 0. The molecule has 1 atom stereocenters. The molecule has 0 aliphatic carbocycles. The zero-order valence-electron chi connectivity index (χ0n) is 3.31. The predicted octanol–water partition coefficient (Wildman–Crippen LogP) is 0.246. The van der Waals surface area contributed by atoms with Crippen molar-refractivity contribution in [3.63, 3.8) is 0 Å². The number of alkyl halides is 1. The molecule has 0 aliphatic heterocycles.